The summed E-state index contributed by atoms with van der Waals surface area (Å²) in [7, 11) is 1.59. The maximum Gasteiger partial charge on any atom is 0.133 e. The van der Waals surface area contributed by atoms with Gasteiger partial charge in [-0.05, 0) is 45.8 Å². The lowest BCUT2D eigenvalue weighted by Crippen LogP contribution is -2.11. The van der Waals surface area contributed by atoms with Crippen LogP contribution >= 0.6 is 28.1 Å². The van der Waals surface area contributed by atoms with Crippen molar-refractivity contribution >= 4 is 33.1 Å². The molecule has 5 heteroatoms. The molecule has 0 aromatic heterocycles. The molecule has 0 aliphatic rings. The predicted molar refractivity (Wildman–Crippen MR) is 87.4 cm³/mol. The quantitative estimate of drug-likeness (QED) is 0.834. The van der Waals surface area contributed by atoms with Crippen LogP contribution in [0.5, 0.6) is 11.5 Å². The van der Waals surface area contributed by atoms with E-state index in [4.69, 9.17) is 27.4 Å². The van der Waals surface area contributed by atoms with Crippen LogP contribution in [0.25, 0.3) is 0 Å². The highest BCUT2D eigenvalue weighted by Gasteiger charge is 2.07. The fourth-order valence-electron chi connectivity index (χ4n) is 1.75. The average molecular weight is 352 g/mol. The molecule has 2 rings (SSSR count). The third kappa shape index (κ3) is 3.49. The standard InChI is InChI=1S/C15H14BrNO2S/c1-18-14-8-10(6-7-11(14)15(17)20)9-19-13-5-3-2-4-12(13)16/h2-8H,9H2,1H3,(H2,17,20). The van der Waals surface area contributed by atoms with Crippen LogP contribution in [0, 0.1) is 0 Å². The molecular formula is C15H14BrNO2S. The topological polar surface area (TPSA) is 44.5 Å². The van der Waals surface area contributed by atoms with Crippen LogP contribution in [0.15, 0.2) is 46.9 Å². The predicted octanol–water partition coefficient (Wildman–Crippen LogP) is 3.67. The first-order valence-corrected chi connectivity index (χ1v) is 7.16. The van der Waals surface area contributed by atoms with E-state index in [1.807, 2.05) is 42.5 Å². The SMILES string of the molecule is COc1cc(COc2ccccc2Br)ccc1C(N)=S. The first-order valence-electron chi connectivity index (χ1n) is 5.96. The number of nitrogens with two attached hydrogens (primary N) is 1. The second-order valence-electron chi connectivity index (χ2n) is 4.12. The highest BCUT2D eigenvalue weighted by Crippen LogP contribution is 2.26. The number of hydrogen-bond acceptors (Lipinski definition) is 3. The maximum atomic E-state index is 5.76. The number of para-hydroxylation sites is 1. The highest BCUT2D eigenvalue weighted by atomic mass is 79.9. The molecule has 2 aromatic carbocycles. The number of hydrogen-bond donors (Lipinski definition) is 1. The largest absolute Gasteiger partial charge is 0.496 e. The third-order valence-electron chi connectivity index (χ3n) is 2.76. The summed E-state index contributed by atoms with van der Waals surface area (Å²) < 4.78 is 12.0. The van der Waals surface area contributed by atoms with Crippen molar-refractivity contribution in [1.29, 1.82) is 0 Å². The van der Waals surface area contributed by atoms with Crippen LogP contribution in [0.1, 0.15) is 11.1 Å². The van der Waals surface area contributed by atoms with E-state index in [-0.39, 0.29) is 0 Å². The van der Waals surface area contributed by atoms with Gasteiger partial charge < -0.3 is 15.2 Å². The minimum Gasteiger partial charge on any atom is -0.496 e. The molecule has 20 heavy (non-hydrogen) atoms. The summed E-state index contributed by atoms with van der Waals surface area (Å²) in [6.07, 6.45) is 0. The summed E-state index contributed by atoms with van der Waals surface area (Å²) in [6, 6.07) is 13.4. The van der Waals surface area contributed by atoms with Crippen LogP contribution < -0.4 is 15.2 Å². The molecule has 0 saturated heterocycles. The molecular weight excluding hydrogens is 338 g/mol. The van der Waals surface area contributed by atoms with Gasteiger partial charge in [-0.25, -0.2) is 0 Å². The third-order valence-corrected chi connectivity index (χ3v) is 3.64. The lowest BCUT2D eigenvalue weighted by Gasteiger charge is -2.11. The molecule has 0 amide bonds. The fourth-order valence-corrected chi connectivity index (χ4v) is 2.32. The number of rotatable bonds is 5. The van der Waals surface area contributed by atoms with Gasteiger partial charge in [-0.1, -0.05) is 30.4 Å². The van der Waals surface area contributed by atoms with Gasteiger partial charge in [-0.2, -0.15) is 0 Å². The lowest BCUT2D eigenvalue weighted by atomic mass is 10.1. The van der Waals surface area contributed by atoms with E-state index in [1.165, 1.54) is 0 Å². The molecule has 2 aromatic rings. The van der Waals surface area contributed by atoms with Gasteiger partial charge in [-0.15, -0.1) is 0 Å². The molecule has 3 nitrogen and oxygen atoms in total. The first-order chi connectivity index (χ1) is 9.61. The monoisotopic (exact) mass is 351 g/mol. The zero-order chi connectivity index (χ0) is 14.5. The van der Waals surface area contributed by atoms with Crippen molar-refractivity contribution in [2.45, 2.75) is 6.61 Å². The van der Waals surface area contributed by atoms with Gasteiger partial charge in [-0.3, -0.25) is 0 Å². The number of methoxy groups -OCH3 is 1. The molecule has 104 valence electrons. The Bertz CT molecular complexity index is 631. The molecule has 0 aliphatic heterocycles. The second-order valence-corrected chi connectivity index (χ2v) is 5.41. The van der Waals surface area contributed by atoms with Crippen molar-refractivity contribution in [3.63, 3.8) is 0 Å². The summed E-state index contributed by atoms with van der Waals surface area (Å²) in [5, 5.41) is 0. The van der Waals surface area contributed by atoms with Gasteiger partial charge in [0.15, 0.2) is 0 Å². The van der Waals surface area contributed by atoms with E-state index in [0.29, 0.717) is 17.3 Å². The van der Waals surface area contributed by atoms with E-state index in [1.54, 1.807) is 7.11 Å². The van der Waals surface area contributed by atoms with Crippen molar-refractivity contribution < 1.29 is 9.47 Å². The Morgan fingerprint density at radius 2 is 1.95 bits per heavy atom. The van der Waals surface area contributed by atoms with Gasteiger partial charge in [0.05, 0.1) is 17.1 Å². The van der Waals surface area contributed by atoms with E-state index in [0.717, 1.165) is 21.3 Å². The Labute approximate surface area is 131 Å². The average Bonchev–Trinajstić information content (AvgIpc) is 2.46. The Balaban J connectivity index is 2.15. The Morgan fingerprint density at radius 1 is 1.20 bits per heavy atom. The van der Waals surface area contributed by atoms with Crippen LogP contribution in [0.3, 0.4) is 0 Å². The zero-order valence-electron chi connectivity index (χ0n) is 10.9. The smallest absolute Gasteiger partial charge is 0.133 e. The van der Waals surface area contributed by atoms with Crippen LogP contribution in [0.2, 0.25) is 0 Å². The molecule has 0 radical (unpaired) electrons. The number of benzene rings is 2. The Kier molecular flexibility index (Phi) is 4.98. The fraction of sp³-hybridized carbons (Fsp3) is 0.133. The van der Waals surface area contributed by atoms with Crippen molar-refractivity contribution in [1.82, 2.24) is 0 Å². The van der Waals surface area contributed by atoms with Gasteiger partial charge in [0, 0.05) is 0 Å². The van der Waals surface area contributed by atoms with Gasteiger partial charge in [0.2, 0.25) is 0 Å². The second kappa shape index (κ2) is 6.72. The van der Waals surface area contributed by atoms with Gasteiger partial charge >= 0.3 is 0 Å². The van der Waals surface area contributed by atoms with Crippen molar-refractivity contribution in [2.24, 2.45) is 5.73 Å². The number of halogens is 1. The van der Waals surface area contributed by atoms with Crippen molar-refractivity contribution in [3.05, 3.63) is 58.1 Å². The van der Waals surface area contributed by atoms with Gasteiger partial charge in [0.25, 0.3) is 0 Å². The summed E-state index contributed by atoms with van der Waals surface area (Å²) >= 11 is 8.42. The Hall–Kier alpha value is -1.59. The Morgan fingerprint density at radius 3 is 2.60 bits per heavy atom. The normalized spacial score (nSPS) is 10.1. The summed E-state index contributed by atoms with van der Waals surface area (Å²) in [6.45, 7) is 0.441. The van der Waals surface area contributed by atoms with Crippen molar-refractivity contribution in [2.75, 3.05) is 7.11 Å². The zero-order valence-corrected chi connectivity index (χ0v) is 13.3. The summed E-state index contributed by atoms with van der Waals surface area (Å²) in [5.74, 6) is 1.45. The molecule has 0 spiro atoms. The molecule has 0 aliphatic carbocycles. The maximum absolute atomic E-state index is 5.76. The van der Waals surface area contributed by atoms with Gasteiger partial charge in [0.1, 0.15) is 23.1 Å². The molecule has 0 heterocycles. The van der Waals surface area contributed by atoms with Crippen molar-refractivity contribution in [3.8, 4) is 11.5 Å². The van der Waals surface area contributed by atoms with E-state index in [9.17, 15) is 0 Å². The minimum atomic E-state index is 0.320. The highest BCUT2D eigenvalue weighted by molar-refractivity contribution is 9.10. The molecule has 0 fully saturated rings. The van der Waals surface area contributed by atoms with Crippen LogP contribution in [-0.4, -0.2) is 12.1 Å². The lowest BCUT2D eigenvalue weighted by molar-refractivity contribution is 0.303. The molecule has 0 saturated carbocycles. The van der Waals surface area contributed by atoms with E-state index >= 15 is 0 Å². The van der Waals surface area contributed by atoms with Crippen LogP contribution in [-0.2, 0) is 6.61 Å². The molecule has 2 N–H and O–H groups in total. The van der Waals surface area contributed by atoms with E-state index in [2.05, 4.69) is 15.9 Å². The molecule has 0 bridgehead atoms. The summed E-state index contributed by atoms with van der Waals surface area (Å²) in [5.41, 5.74) is 7.35. The number of ether oxygens (including phenoxy) is 2. The summed E-state index contributed by atoms with van der Waals surface area (Å²) in [4.78, 5) is 0.320. The van der Waals surface area contributed by atoms with E-state index < -0.39 is 0 Å². The first kappa shape index (κ1) is 14.8. The number of thiocarbonyl (C=S) groups is 1. The molecule has 0 atom stereocenters. The van der Waals surface area contributed by atoms with Crippen LogP contribution in [0.4, 0.5) is 0 Å². The minimum absolute atomic E-state index is 0.320. The molecule has 0 unspecified atom stereocenters.